The quantitative estimate of drug-likeness (QED) is 0.314. The Kier molecular flexibility index (Phi) is 1.48. The molecule has 0 aromatic rings. The average Bonchev–Trinajstić information content (AvgIpc) is 1.77. The molecule has 0 aliphatic carbocycles. The molecule has 0 bridgehead atoms. The molecule has 0 saturated carbocycles. The van der Waals surface area contributed by atoms with Crippen molar-refractivity contribution in [2.45, 2.75) is 5.91 Å². The van der Waals surface area contributed by atoms with Crippen LogP contribution in [0, 0.1) is 0 Å². The first-order chi connectivity index (χ1) is 4.13. The molecule has 0 radical (unpaired) electrons. The summed E-state index contributed by atoms with van der Waals surface area (Å²) in [5.41, 5.74) is 0. The second-order valence-electron chi connectivity index (χ2n) is 1.61. The van der Waals surface area contributed by atoms with Gasteiger partial charge in [-0.2, -0.15) is 0 Å². The fourth-order valence-electron chi connectivity index (χ4n) is 0.406. The van der Waals surface area contributed by atoms with Crippen LogP contribution in [-0.4, -0.2) is 26.8 Å². The highest BCUT2D eigenvalue weighted by Crippen LogP contribution is 2.13. The summed E-state index contributed by atoms with van der Waals surface area (Å²) in [5, 5.41) is 17.7. The molecule has 1 aliphatic heterocycles. The molecular formula is C4H6N2O2S. The van der Waals surface area contributed by atoms with Crippen molar-refractivity contribution in [2.75, 3.05) is 0 Å². The van der Waals surface area contributed by atoms with Crippen LogP contribution in [0.15, 0.2) is 17.3 Å². The van der Waals surface area contributed by atoms with Gasteiger partial charge in [-0.05, 0) is 0 Å². The normalized spacial score (nSPS) is 22.8. The summed E-state index contributed by atoms with van der Waals surface area (Å²) in [7, 11) is 0. The van der Waals surface area contributed by atoms with Crippen LogP contribution >= 0.6 is 12.8 Å². The molecule has 0 unspecified atom stereocenters. The highest BCUT2D eigenvalue weighted by molar-refractivity contribution is 7.78. The first-order valence-electron chi connectivity index (χ1n) is 2.27. The lowest BCUT2D eigenvalue weighted by Crippen LogP contribution is -2.41. The number of hydrogen-bond acceptors (Lipinski definition) is 5. The van der Waals surface area contributed by atoms with Gasteiger partial charge in [0.2, 0.25) is 0 Å². The van der Waals surface area contributed by atoms with Crippen molar-refractivity contribution in [1.82, 2.24) is 4.31 Å². The van der Waals surface area contributed by atoms with E-state index in [0.717, 1.165) is 10.4 Å². The molecule has 0 saturated heterocycles. The predicted octanol–water partition coefficient (Wildman–Crippen LogP) is -0.673. The Hall–Kier alpha value is -0.520. The topological polar surface area (TPSA) is 56.1 Å². The highest BCUT2D eigenvalue weighted by atomic mass is 32.1. The summed E-state index contributed by atoms with van der Waals surface area (Å²) in [5.74, 6) is -2.00. The van der Waals surface area contributed by atoms with Crippen LogP contribution < -0.4 is 0 Å². The zero-order chi connectivity index (χ0) is 6.91. The van der Waals surface area contributed by atoms with E-state index in [4.69, 9.17) is 10.2 Å². The number of nitrogens with zero attached hydrogens (tertiary/aromatic N) is 2. The Labute approximate surface area is 57.7 Å². The van der Waals surface area contributed by atoms with Gasteiger partial charge >= 0.3 is 0 Å². The zero-order valence-electron chi connectivity index (χ0n) is 4.47. The highest BCUT2D eigenvalue weighted by Gasteiger charge is 2.25. The van der Waals surface area contributed by atoms with E-state index in [-0.39, 0.29) is 0 Å². The smallest absolute Gasteiger partial charge is 0.280 e. The van der Waals surface area contributed by atoms with E-state index in [9.17, 15) is 0 Å². The van der Waals surface area contributed by atoms with Crippen LogP contribution in [0.3, 0.4) is 0 Å². The molecule has 50 valence electrons. The van der Waals surface area contributed by atoms with Crippen molar-refractivity contribution in [3.8, 4) is 0 Å². The SMILES string of the molecule is OC1(O)C=CN=CN1S. The lowest BCUT2D eigenvalue weighted by atomic mass is 10.4. The number of aliphatic hydroxyl groups is 2. The summed E-state index contributed by atoms with van der Waals surface area (Å²) in [4.78, 5) is 3.58. The molecule has 5 heteroatoms. The minimum Gasteiger partial charge on any atom is -0.345 e. The molecule has 0 aromatic carbocycles. The third-order valence-corrected chi connectivity index (χ3v) is 1.30. The first-order valence-corrected chi connectivity index (χ1v) is 2.67. The van der Waals surface area contributed by atoms with Gasteiger partial charge in [0, 0.05) is 12.3 Å². The van der Waals surface area contributed by atoms with Crippen molar-refractivity contribution in [2.24, 2.45) is 4.99 Å². The van der Waals surface area contributed by atoms with Gasteiger partial charge in [0.25, 0.3) is 5.91 Å². The molecule has 0 aromatic heterocycles. The lowest BCUT2D eigenvalue weighted by molar-refractivity contribution is -0.167. The summed E-state index contributed by atoms with van der Waals surface area (Å²) in [6, 6.07) is 0. The largest absolute Gasteiger partial charge is 0.345 e. The monoisotopic (exact) mass is 146 g/mol. The number of hydrogen-bond donors (Lipinski definition) is 3. The van der Waals surface area contributed by atoms with Crippen LogP contribution in [0.5, 0.6) is 0 Å². The Balaban J connectivity index is 2.78. The van der Waals surface area contributed by atoms with Crippen molar-refractivity contribution >= 4 is 19.2 Å². The summed E-state index contributed by atoms with van der Waals surface area (Å²) in [6.45, 7) is 0. The molecule has 0 spiro atoms. The molecule has 4 nitrogen and oxygen atoms in total. The molecule has 9 heavy (non-hydrogen) atoms. The molecule has 0 amide bonds. The van der Waals surface area contributed by atoms with Gasteiger partial charge in [-0.1, -0.05) is 12.8 Å². The fourth-order valence-corrected chi connectivity index (χ4v) is 0.532. The van der Waals surface area contributed by atoms with E-state index < -0.39 is 5.91 Å². The molecular weight excluding hydrogens is 140 g/mol. The summed E-state index contributed by atoms with van der Waals surface area (Å²) in [6.07, 6.45) is 3.59. The zero-order valence-corrected chi connectivity index (χ0v) is 5.36. The summed E-state index contributed by atoms with van der Waals surface area (Å²) >= 11 is 3.67. The van der Waals surface area contributed by atoms with Crippen molar-refractivity contribution in [3.05, 3.63) is 12.3 Å². The number of aliphatic imine (C=N–C) groups is 1. The van der Waals surface area contributed by atoms with Crippen molar-refractivity contribution < 1.29 is 10.2 Å². The van der Waals surface area contributed by atoms with Gasteiger partial charge in [-0.25, -0.2) is 4.99 Å². The predicted molar refractivity (Wildman–Crippen MR) is 35.6 cm³/mol. The molecule has 0 atom stereocenters. The van der Waals surface area contributed by atoms with Gasteiger partial charge < -0.3 is 10.2 Å². The lowest BCUT2D eigenvalue weighted by Gasteiger charge is -2.26. The van der Waals surface area contributed by atoms with Gasteiger partial charge in [0.05, 0.1) is 0 Å². The van der Waals surface area contributed by atoms with Crippen LogP contribution in [0.1, 0.15) is 0 Å². The van der Waals surface area contributed by atoms with E-state index in [2.05, 4.69) is 17.8 Å². The van der Waals surface area contributed by atoms with Gasteiger partial charge in [0.1, 0.15) is 6.34 Å². The molecule has 1 aliphatic rings. The van der Waals surface area contributed by atoms with Gasteiger partial charge in [0.15, 0.2) is 0 Å². The second-order valence-corrected chi connectivity index (χ2v) is 2.04. The maximum absolute atomic E-state index is 8.87. The third kappa shape index (κ3) is 1.24. The van der Waals surface area contributed by atoms with Crippen LogP contribution in [-0.2, 0) is 0 Å². The fraction of sp³-hybridized carbons (Fsp3) is 0.250. The minimum atomic E-state index is -2.00. The Morgan fingerprint density at radius 2 is 2.22 bits per heavy atom. The van der Waals surface area contributed by atoms with E-state index in [0.29, 0.717) is 0 Å². The molecule has 0 fully saturated rings. The van der Waals surface area contributed by atoms with Crippen LogP contribution in [0.2, 0.25) is 0 Å². The van der Waals surface area contributed by atoms with Crippen LogP contribution in [0.4, 0.5) is 0 Å². The van der Waals surface area contributed by atoms with E-state index >= 15 is 0 Å². The van der Waals surface area contributed by atoms with Gasteiger partial charge in [-0.15, -0.1) is 0 Å². The molecule has 1 heterocycles. The molecule has 1 rings (SSSR count). The minimum absolute atomic E-state index is 0.882. The number of thiol groups is 1. The van der Waals surface area contributed by atoms with E-state index in [1.54, 1.807) is 0 Å². The standard InChI is InChI=1S/C4H6N2O2S/c7-4(8)1-2-5-3-6(4)9/h1-3,7-9H. The second kappa shape index (κ2) is 2.02. The Morgan fingerprint density at radius 1 is 1.56 bits per heavy atom. The van der Waals surface area contributed by atoms with E-state index in [1.807, 2.05) is 0 Å². The van der Waals surface area contributed by atoms with Crippen molar-refractivity contribution in [1.29, 1.82) is 0 Å². The number of rotatable bonds is 0. The maximum atomic E-state index is 8.87. The molecule has 2 N–H and O–H groups in total. The third-order valence-electron chi connectivity index (χ3n) is 0.897. The Bertz CT molecular complexity index is 166. The maximum Gasteiger partial charge on any atom is 0.280 e. The average molecular weight is 146 g/mol. The first kappa shape index (κ1) is 6.60. The van der Waals surface area contributed by atoms with E-state index in [1.165, 1.54) is 12.5 Å². The Morgan fingerprint density at radius 3 is 2.56 bits per heavy atom. The van der Waals surface area contributed by atoms with Gasteiger partial charge in [-0.3, -0.25) is 4.31 Å². The van der Waals surface area contributed by atoms with Crippen LogP contribution in [0.25, 0.3) is 0 Å². The van der Waals surface area contributed by atoms with Crippen molar-refractivity contribution in [3.63, 3.8) is 0 Å². The summed E-state index contributed by atoms with van der Waals surface area (Å²) < 4.78 is 0.882.